The van der Waals surface area contributed by atoms with E-state index in [2.05, 4.69) is 9.97 Å². The van der Waals surface area contributed by atoms with E-state index in [9.17, 15) is 18.0 Å². The fourth-order valence-corrected chi connectivity index (χ4v) is 4.00. The van der Waals surface area contributed by atoms with Gasteiger partial charge in [0.1, 0.15) is 6.10 Å². The number of aromatic nitrogens is 2. The number of rotatable bonds is 4. The molecule has 4 nitrogen and oxygen atoms in total. The van der Waals surface area contributed by atoms with E-state index in [0.717, 1.165) is 24.1 Å². The molecule has 1 aliphatic heterocycles. The zero-order chi connectivity index (χ0) is 21.3. The maximum atomic E-state index is 13.2. The third kappa shape index (κ3) is 4.39. The van der Waals surface area contributed by atoms with Gasteiger partial charge in [-0.25, -0.2) is 0 Å². The Morgan fingerprint density at radius 2 is 1.83 bits per heavy atom. The van der Waals surface area contributed by atoms with E-state index < -0.39 is 23.4 Å². The highest BCUT2D eigenvalue weighted by Gasteiger charge is 2.35. The summed E-state index contributed by atoms with van der Waals surface area (Å²) in [4.78, 5) is 18.1. The van der Waals surface area contributed by atoms with Crippen LogP contribution in [0.5, 0.6) is 0 Å². The lowest BCUT2D eigenvalue weighted by Crippen LogP contribution is -2.34. The predicted octanol–water partition coefficient (Wildman–Crippen LogP) is 5.11. The average Bonchev–Trinajstić information content (AvgIpc) is 2.71. The lowest BCUT2D eigenvalue weighted by Gasteiger charge is -2.32. The normalized spacial score (nSPS) is 18.8. The Bertz CT molecular complexity index is 1160. The van der Waals surface area contributed by atoms with Gasteiger partial charge in [-0.3, -0.25) is 9.78 Å². The van der Waals surface area contributed by atoms with Gasteiger partial charge in [0.2, 0.25) is 0 Å². The summed E-state index contributed by atoms with van der Waals surface area (Å²) in [6.45, 7) is 0. The van der Waals surface area contributed by atoms with Crippen molar-refractivity contribution in [3.05, 3.63) is 97.7 Å². The molecule has 0 saturated heterocycles. The van der Waals surface area contributed by atoms with E-state index in [1.807, 2.05) is 30.3 Å². The van der Waals surface area contributed by atoms with Crippen molar-refractivity contribution in [2.45, 2.75) is 37.6 Å². The van der Waals surface area contributed by atoms with Crippen LogP contribution in [0.2, 0.25) is 0 Å². The fraction of sp³-hybridized carbons (Fsp3) is 0.273. The summed E-state index contributed by atoms with van der Waals surface area (Å²) in [5, 5.41) is 0. The van der Waals surface area contributed by atoms with Gasteiger partial charge in [-0.1, -0.05) is 42.5 Å². The number of H-pyrrole nitrogens is 2. The van der Waals surface area contributed by atoms with Gasteiger partial charge in [0.15, 0.2) is 4.77 Å². The number of hydrogen-bond acceptors (Lipinski definition) is 3. The first-order chi connectivity index (χ1) is 14.3. The van der Waals surface area contributed by atoms with Crippen molar-refractivity contribution in [3.8, 4) is 0 Å². The minimum absolute atomic E-state index is 0.185. The van der Waals surface area contributed by atoms with Crippen molar-refractivity contribution in [3.63, 3.8) is 0 Å². The SMILES string of the molecule is O=c1[nH]c(=S)[nH]c2c1C(c1cccc(C(F)(F)F)c1)OC(CCc1ccccc1)C2. The predicted molar refractivity (Wildman–Crippen MR) is 109 cm³/mol. The second kappa shape index (κ2) is 8.20. The molecule has 0 amide bonds. The van der Waals surface area contributed by atoms with Crippen molar-refractivity contribution in [2.75, 3.05) is 0 Å². The molecular formula is C22H19F3N2O2S. The quantitative estimate of drug-likeness (QED) is 0.563. The van der Waals surface area contributed by atoms with Gasteiger partial charge >= 0.3 is 6.18 Å². The molecule has 30 heavy (non-hydrogen) atoms. The first kappa shape index (κ1) is 20.6. The van der Waals surface area contributed by atoms with Crippen molar-refractivity contribution in [2.24, 2.45) is 0 Å². The zero-order valence-electron chi connectivity index (χ0n) is 15.8. The van der Waals surface area contributed by atoms with Crippen LogP contribution in [0.25, 0.3) is 0 Å². The van der Waals surface area contributed by atoms with E-state index in [1.54, 1.807) is 6.07 Å². The number of aromatic amines is 2. The Labute approximate surface area is 175 Å². The Kier molecular flexibility index (Phi) is 5.62. The molecule has 2 aromatic carbocycles. The van der Waals surface area contributed by atoms with Crippen molar-refractivity contribution < 1.29 is 17.9 Å². The average molecular weight is 432 g/mol. The van der Waals surface area contributed by atoms with Crippen LogP contribution in [0.4, 0.5) is 13.2 Å². The number of hydrogen-bond donors (Lipinski definition) is 2. The monoisotopic (exact) mass is 432 g/mol. The number of ether oxygens (including phenoxy) is 1. The van der Waals surface area contributed by atoms with Crippen LogP contribution in [-0.2, 0) is 23.8 Å². The van der Waals surface area contributed by atoms with Crippen LogP contribution in [0, 0.1) is 4.77 Å². The van der Waals surface area contributed by atoms with Gasteiger partial charge in [-0.15, -0.1) is 0 Å². The molecule has 156 valence electrons. The molecular weight excluding hydrogens is 413 g/mol. The number of halogens is 3. The van der Waals surface area contributed by atoms with E-state index in [0.29, 0.717) is 18.5 Å². The van der Waals surface area contributed by atoms with Gasteiger partial charge < -0.3 is 9.72 Å². The summed E-state index contributed by atoms with van der Waals surface area (Å²) in [7, 11) is 0. The van der Waals surface area contributed by atoms with E-state index in [-0.39, 0.29) is 22.0 Å². The molecule has 0 radical (unpaired) electrons. The number of nitrogens with one attached hydrogen (secondary N) is 2. The van der Waals surface area contributed by atoms with Gasteiger partial charge in [-0.2, -0.15) is 13.2 Å². The minimum atomic E-state index is -4.48. The Morgan fingerprint density at radius 1 is 1.07 bits per heavy atom. The highest BCUT2D eigenvalue weighted by molar-refractivity contribution is 7.71. The number of aryl methyl sites for hydroxylation is 1. The lowest BCUT2D eigenvalue weighted by molar-refractivity contribution is -0.137. The van der Waals surface area contributed by atoms with Crippen LogP contribution in [0.15, 0.2) is 59.4 Å². The number of fused-ring (bicyclic) bond motifs is 1. The molecule has 3 aromatic rings. The summed E-state index contributed by atoms with van der Waals surface area (Å²) in [5.74, 6) is 0. The van der Waals surface area contributed by atoms with E-state index >= 15 is 0 Å². The second-order valence-electron chi connectivity index (χ2n) is 7.29. The van der Waals surface area contributed by atoms with Crippen LogP contribution < -0.4 is 5.56 Å². The van der Waals surface area contributed by atoms with Gasteiger partial charge in [0.05, 0.1) is 17.2 Å². The third-order valence-electron chi connectivity index (χ3n) is 5.20. The van der Waals surface area contributed by atoms with E-state index in [1.165, 1.54) is 6.07 Å². The van der Waals surface area contributed by atoms with Gasteiger partial charge in [0, 0.05) is 12.1 Å². The molecule has 0 aliphatic carbocycles. The highest BCUT2D eigenvalue weighted by Crippen LogP contribution is 2.36. The van der Waals surface area contributed by atoms with Crippen molar-refractivity contribution in [1.29, 1.82) is 0 Å². The Balaban J connectivity index is 1.70. The molecule has 1 aromatic heterocycles. The molecule has 4 rings (SSSR count). The largest absolute Gasteiger partial charge is 0.416 e. The molecule has 2 atom stereocenters. The topological polar surface area (TPSA) is 57.9 Å². The second-order valence-corrected chi connectivity index (χ2v) is 7.70. The van der Waals surface area contributed by atoms with Crippen LogP contribution in [0.3, 0.4) is 0 Å². The summed E-state index contributed by atoms with van der Waals surface area (Å²) in [5.41, 5.74) is 1.08. The molecule has 0 fully saturated rings. The molecule has 8 heteroatoms. The maximum absolute atomic E-state index is 13.2. The van der Waals surface area contributed by atoms with Gasteiger partial charge in [-0.05, 0) is 48.3 Å². The lowest BCUT2D eigenvalue weighted by atomic mass is 9.92. The number of benzene rings is 2. The number of alkyl halides is 3. The molecule has 0 bridgehead atoms. The van der Waals surface area contributed by atoms with Gasteiger partial charge in [0.25, 0.3) is 5.56 Å². The maximum Gasteiger partial charge on any atom is 0.416 e. The smallest absolute Gasteiger partial charge is 0.365 e. The van der Waals surface area contributed by atoms with Crippen molar-refractivity contribution >= 4 is 12.2 Å². The highest BCUT2D eigenvalue weighted by atomic mass is 32.1. The molecule has 2 unspecified atom stereocenters. The third-order valence-corrected chi connectivity index (χ3v) is 5.40. The zero-order valence-corrected chi connectivity index (χ0v) is 16.6. The molecule has 0 spiro atoms. The first-order valence-corrected chi connectivity index (χ1v) is 9.94. The molecule has 2 N–H and O–H groups in total. The minimum Gasteiger partial charge on any atom is -0.365 e. The molecule has 1 aliphatic rings. The van der Waals surface area contributed by atoms with Crippen LogP contribution >= 0.6 is 12.2 Å². The van der Waals surface area contributed by atoms with E-state index in [4.69, 9.17) is 17.0 Å². The fourth-order valence-electron chi connectivity index (χ4n) is 3.78. The summed E-state index contributed by atoms with van der Waals surface area (Å²) >= 11 is 5.09. The molecule has 0 saturated carbocycles. The van der Waals surface area contributed by atoms with Crippen LogP contribution in [-0.4, -0.2) is 16.1 Å². The summed E-state index contributed by atoms with van der Waals surface area (Å²) in [6.07, 6.45) is -3.82. The first-order valence-electron chi connectivity index (χ1n) is 9.53. The Hall–Kier alpha value is -2.71. The summed E-state index contributed by atoms with van der Waals surface area (Å²) < 4.78 is 46.0. The van der Waals surface area contributed by atoms with Crippen molar-refractivity contribution in [1.82, 2.24) is 9.97 Å². The Morgan fingerprint density at radius 3 is 2.57 bits per heavy atom. The summed E-state index contributed by atoms with van der Waals surface area (Å²) in [6, 6.07) is 14.8. The standard InChI is InChI=1S/C22H19F3N2O2S/c23-22(24,25)15-8-4-7-14(11-15)19-18-17(26-21(30)27-20(18)28)12-16(29-19)10-9-13-5-2-1-3-6-13/h1-8,11,16,19H,9-10,12H2,(H2,26,27,28,30). The molecule has 2 heterocycles. The van der Waals surface area contributed by atoms with Crippen LogP contribution in [0.1, 0.15) is 40.5 Å².